The van der Waals surface area contributed by atoms with Crippen molar-refractivity contribution in [1.29, 1.82) is 0 Å². The molecule has 4 aromatic rings. The average molecular weight is 565 g/mol. The molecule has 4 aromatic carbocycles. The number of hydrogen-bond donors (Lipinski definition) is 3. The first-order chi connectivity index (χ1) is 20.4. The number of nitrogens with zero attached hydrogens (tertiary/aromatic N) is 2. The van der Waals surface area contributed by atoms with Gasteiger partial charge in [-0.05, 0) is 40.8 Å². The molecule has 1 saturated heterocycles. The molecule has 1 aliphatic heterocycles. The van der Waals surface area contributed by atoms with E-state index in [1.165, 1.54) is 4.90 Å². The van der Waals surface area contributed by atoms with Crippen LogP contribution < -0.4 is 10.6 Å². The Morgan fingerprint density at radius 3 is 2.40 bits per heavy atom. The Hall–Kier alpha value is -4.69. The van der Waals surface area contributed by atoms with E-state index < -0.39 is 18.1 Å². The highest BCUT2D eigenvalue weighted by Crippen LogP contribution is 2.22. The zero-order valence-corrected chi connectivity index (χ0v) is 23.7. The van der Waals surface area contributed by atoms with Gasteiger partial charge in [-0.3, -0.25) is 9.59 Å². The third kappa shape index (κ3) is 6.78. The van der Waals surface area contributed by atoms with Crippen LogP contribution in [0.2, 0.25) is 0 Å². The SMILES string of the molecule is CN(Cc1ccccc1)C(=O)[C@H](Cc1ccc2ccccc2c1)NC(=O)[C@@H]1CCCN1C(=O)Nc1ccccc1CO. The average Bonchev–Trinajstić information content (AvgIpc) is 3.52. The van der Waals surface area contributed by atoms with Crippen LogP contribution in [-0.4, -0.2) is 58.4 Å². The molecule has 8 nitrogen and oxygen atoms in total. The first kappa shape index (κ1) is 28.8. The lowest BCUT2D eigenvalue weighted by atomic mass is 10.00. The van der Waals surface area contributed by atoms with Crippen LogP contribution in [-0.2, 0) is 29.2 Å². The minimum absolute atomic E-state index is 0.203. The summed E-state index contributed by atoms with van der Waals surface area (Å²) in [5, 5.41) is 17.6. The van der Waals surface area contributed by atoms with Crippen LogP contribution in [0.15, 0.2) is 97.1 Å². The fourth-order valence-corrected chi connectivity index (χ4v) is 5.52. The number of para-hydroxylation sites is 1. The number of amides is 4. The number of fused-ring (bicyclic) bond motifs is 1. The van der Waals surface area contributed by atoms with E-state index in [9.17, 15) is 19.5 Å². The summed E-state index contributed by atoms with van der Waals surface area (Å²) in [6.45, 7) is 0.615. The summed E-state index contributed by atoms with van der Waals surface area (Å²) < 4.78 is 0. The second kappa shape index (κ2) is 13.3. The van der Waals surface area contributed by atoms with Gasteiger partial charge < -0.3 is 25.5 Å². The molecule has 216 valence electrons. The molecule has 8 heteroatoms. The number of rotatable bonds is 9. The number of likely N-dealkylation sites (tertiary alicyclic amines) is 1. The van der Waals surface area contributed by atoms with E-state index in [-0.39, 0.29) is 18.4 Å². The summed E-state index contributed by atoms with van der Waals surface area (Å²) in [6, 6.07) is 28.9. The number of benzene rings is 4. The van der Waals surface area contributed by atoms with E-state index in [1.807, 2.05) is 72.8 Å². The fraction of sp³-hybridized carbons (Fsp3) is 0.265. The zero-order chi connectivity index (χ0) is 29.5. The van der Waals surface area contributed by atoms with Crippen LogP contribution in [0.25, 0.3) is 10.8 Å². The standard InChI is InChI=1S/C34H36N4O4/c1-37(22-24-10-3-2-4-11-24)33(41)30(21-25-17-18-26-12-5-6-13-27(26)20-25)35-32(40)31-16-9-19-38(31)34(42)36-29-15-8-7-14-28(29)23-39/h2-8,10-15,17-18,20,30-31,39H,9,16,19,21-23H2,1H3,(H,35,40)(H,36,42)/t30-,31-/m0/s1. The van der Waals surface area contributed by atoms with E-state index >= 15 is 0 Å². The minimum Gasteiger partial charge on any atom is -0.392 e. The Balaban J connectivity index is 1.34. The number of carbonyl (C=O) groups is 3. The predicted octanol–water partition coefficient (Wildman–Crippen LogP) is 4.71. The molecule has 1 aliphatic rings. The van der Waals surface area contributed by atoms with Crippen LogP contribution in [0, 0.1) is 0 Å². The van der Waals surface area contributed by atoms with Gasteiger partial charge in [0, 0.05) is 37.8 Å². The molecule has 0 saturated carbocycles. The molecule has 0 unspecified atom stereocenters. The summed E-state index contributed by atoms with van der Waals surface area (Å²) in [5.41, 5.74) is 3.02. The van der Waals surface area contributed by atoms with E-state index in [0.717, 1.165) is 21.9 Å². The van der Waals surface area contributed by atoms with Gasteiger partial charge in [0.2, 0.25) is 11.8 Å². The van der Waals surface area contributed by atoms with Gasteiger partial charge in [-0.15, -0.1) is 0 Å². The smallest absolute Gasteiger partial charge is 0.322 e. The summed E-state index contributed by atoms with van der Waals surface area (Å²) in [6.07, 6.45) is 1.49. The molecule has 0 radical (unpaired) electrons. The molecule has 0 bridgehead atoms. The first-order valence-electron chi connectivity index (χ1n) is 14.3. The Kier molecular flexibility index (Phi) is 9.14. The van der Waals surface area contributed by atoms with Gasteiger partial charge in [0.05, 0.1) is 6.61 Å². The van der Waals surface area contributed by atoms with Crippen LogP contribution in [0.4, 0.5) is 10.5 Å². The van der Waals surface area contributed by atoms with Crippen LogP contribution >= 0.6 is 0 Å². The Morgan fingerprint density at radius 2 is 1.62 bits per heavy atom. The summed E-state index contributed by atoms with van der Waals surface area (Å²) in [7, 11) is 1.74. The molecule has 0 aliphatic carbocycles. The molecule has 1 fully saturated rings. The third-order valence-corrected chi connectivity index (χ3v) is 7.75. The lowest BCUT2D eigenvalue weighted by Crippen LogP contribution is -2.54. The number of nitrogens with one attached hydrogen (secondary N) is 2. The van der Waals surface area contributed by atoms with Crippen molar-refractivity contribution in [3.63, 3.8) is 0 Å². The number of anilines is 1. The lowest BCUT2D eigenvalue weighted by molar-refractivity contribution is -0.136. The predicted molar refractivity (Wildman–Crippen MR) is 164 cm³/mol. The van der Waals surface area contributed by atoms with E-state index in [4.69, 9.17) is 0 Å². The van der Waals surface area contributed by atoms with Crippen molar-refractivity contribution >= 4 is 34.3 Å². The molecule has 0 spiro atoms. The third-order valence-electron chi connectivity index (χ3n) is 7.75. The molecule has 0 aromatic heterocycles. The normalized spacial score (nSPS) is 15.3. The highest BCUT2D eigenvalue weighted by atomic mass is 16.3. The van der Waals surface area contributed by atoms with Gasteiger partial charge >= 0.3 is 6.03 Å². The van der Waals surface area contributed by atoms with Crippen molar-refractivity contribution in [2.24, 2.45) is 0 Å². The zero-order valence-electron chi connectivity index (χ0n) is 23.7. The van der Waals surface area contributed by atoms with Gasteiger partial charge in [0.1, 0.15) is 12.1 Å². The Bertz CT molecular complexity index is 1560. The van der Waals surface area contributed by atoms with E-state index in [0.29, 0.717) is 43.6 Å². The second-order valence-electron chi connectivity index (χ2n) is 10.7. The van der Waals surface area contributed by atoms with E-state index in [2.05, 4.69) is 10.6 Å². The summed E-state index contributed by atoms with van der Waals surface area (Å²) in [5.74, 6) is -0.559. The van der Waals surface area contributed by atoms with Gasteiger partial charge in [0.15, 0.2) is 0 Å². The van der Waals surface area contributed by atoms with Gasteiger partial charge in [-0.1, -0.05) is 91.0 Å². The van der Waals surface area contributed by atoms with Crippen molar-refractivity contribution < 1.29 is 19.5 Å². The molecule has 3 N–H and O–H groups in total. The molecule has 5 rings (SSSR count). The maximum absolute atomic E-state index is 13.8. The van der Waals surface area contributed by atoms with Crippen molar-refractivity contribution in [3.05, 3.63) is 114 Å². The van der Waals surface area contributed by atoms with Crippen LogP contribution in [0.3, 0.4) is 0 Å². The molecular weight excluding hydrogens is 528 g/mol. The Morgan fingerprint density at radius 1 is 0.905 bits per heavy atom. The quantitative estimate of drug-likeness (QED) is 0.274. The molecule has 4 amide bonds. The Labute approximate surface area is 245 Å². The summed E-state index contributed by atoms with van der Waals surface area (Å²) in [4.78, 5) is 43.8. The number of aliphatic hydroxyl groups is 1. The first-order valence-corrected chi connectivity index (χ1v) is 14.3. The fourth-order valence-electron chi connectivity index (χ4n) is 5.52. The maximum atomic E-state index is 13.8. The number of urea groups is 1. The monoisotopic (exact) mass is 564 g/mol. The topological polar surface area (TPSA) is 102 Å². The van der Waals surface area contributed by atoms with Gasteiger partial charge in [-0.2, -0.15) is 0 Å². The lowest BCUT2D eigenvalue weighted by Gasteiger charge is -2.29. The number of aliphatic hydroxyl groups excluding tert-OH is 1. The number of likely N-dealkylation sites (N-methyl/N-ethyl adjacent to an activating group) is 1. The number of carbonyl (C=O) groups excluding carboxylic acids is 3. The van der Waals surface area contributed by atoms with Crippen molar-refractivity contribution in [2.45, 2.75) is 44.5 Å². The van der Waals surface area contributed by atoms with E-state index in [1.54, 1.807) is 36.2 Å². The molecule has 42 heavy (non-hydrogen) atoms. The van der Waals surface area contributed by atoms with Gasteiger partial charge in [0.25, 0.3) is 0 Å². The highest BCUT2D eigenvalue weighted by molar-refractivity contribution is 5.96. The number of hydrogen-bond acceptors (Lipinski definition) is 4. The molecular formula is C34H36N4O4. The molecule has 1 heterocycles. The summed E-state index contributed by atoms with van der Waals surface area (Å²) >= 11 is 0. The van der Waals surface area contributed by atoms with Crippen molar-refractivity contribution in [2.75, 3.05) is 18.9 Å². The minimum atomic E-state index is -0.812. The second-order valence-corrected chi connectivity index (χ2v) is 10.7. The van der Waals surface area contributed by atoms with Crippen LogP contribution in [0.1, 0.15) is 29.5 Å². The maximum Gasteiger partial charge on any atom is 0.322 e. The van der Waals surface area contributed by atoms with Crippen molar-refractivity contribution in [3.8, 4) is 0 Å². The van der Waals surface area contributed by atoms with Crippen molar-refractivity contribution in [1.82, 2.24) is 15.1 Å². The van der Waals surface area contributed by atoms with Crippen LogP contribution in [0.5, 0.6) is 0 Å². The van der Waals surface area contributed by atoms with Gasteiger partial charge in [-0.25, -0.2) is 4.79 Å². The molecule has 2 atom stereocenters. The largest absolute Gasteiger partial charge is 0.392 e. The highest BCUT2D eigenvalue weighted by Gasteiger charge is 2.36.